The topological polar surface area (TPSA) is 63.1 Å². The Balaban J connectivity index is 1.30. The lowest BCUT2D eigenvalue weighted by Gasteiger charge is -2.31. The molecule has 1 aliphatic rings. The molecule has 0 unspecified atom stereocenters. The quantitative estimate of drug-likeness (QED) is 0.659. The Morgan fingerprint density at radius 3 is 2.58 bits per heavy atom. The molecule has 1 amide bonds. The molecular weight excluding hydrogens is 393 g/mol. The van der Waals surface area contributed by atoms with Crippen molar-refractivity contribution in [2.45, 2.75) is 39.9 Å². The largest absolute Gasteiger partial charge is 0.352 e. The molecule has 1 fully saturated rings. The summed E-state index contributed by atoms with van der Waals surface area (Å²) in [6.45, 7) is 6.29. The highest BCUT2D eigenvalue weighted by atomic mass is 19.1. The SMILES string of the molecule is Cc1nc(-c2ccccc2)n(CN2CCC(C(=O)NCc3ccc(C)c(F)c3)CC2)n1. The standard InChI is InChI=1S/C24H28FN5O/c1-17-8-9-19(14-22(17)25)15-26-24(31)21-10-12-29(13-11-21)16-30-23(27-18(2)28-30)20-6-4-3-5-7-20/h3-9,14,21H,10-13,15-16H2,1-2H3,(H,26,31). The van der Waals surface area contributed by atoms with Crippen LogP contribution in [0.5, 0.6) is 0 Å². The second kappa shape index (κ2) is 9.39. The summed E-state index contributed by atoms with van der Waals surface area (Å²) in [6.07, 6.45) is 1.59. The summed E-state index contributed by atoms with van der Waals surface area (Å²) < 4.78 is 15.6. The first-order chi connectivity index (χ1) is 15.0. The molecule has 1 aliphatic heterocycles. The number of carbonyl (C=O) groups is 1. The van der Waals surface area contributed by atoms with Gasteiger partial charge in [0.1, 0.15) is 11.6 Å². The van der Waals surface area contributed by atoms with E-state index in [1.807, 2.05) is 48.0 Å². The van der Waals surface area contributed by atoms with Crippen molar-refractivity contribution in [2.75, 3.05) is 13.1 Å². The number of hydrogen-bond donors (Lipinski definition) is 1. The Hall–Kier alpha value is -3.06. The first-order valence-corrected chi connectivity index (χ1v) is 10.7. The average Bonchev–Trinajstić information content (AvgIpc) is 3.15. The van der Waals surface area contributed by atoms with E-state index in [0.29, 0.717) is 18.8 Å². The van der Waals surface area contributed by atoms with Crippen LogP contribution in [0, 0.1) is 25.6 Å². The maximum absolute atomic E-state index is 13.7. The van der Waals surface area contributed by atoms with Gasteiger partial charge in [-0.25, -0.2) is 14.1 Å². The van der Waals surface area contributed by atoms with Gasteiger partial charge in [-0.15, -0.1) is 0 Å². The minimum atomic E-state index is -0.238. The molecule has 1 saturated heterocycles. The van der Waals surface area contributed by atoms with Gasteiger partial charge < -0.3 is 5.32 Å². The van der Waals surface area contributed by atoms with Gasteiger partial charge in [-0.3, -0.25) is 9.69 Å². The minimum absolute atomic E-state index is 0.0161. The van der Waals surface area contributed by atoms with Crippen LogP contribution >= 0.6 is 0 Å². The molecule has 31 heavy (non-hydrogen) atoms. The molecule has 0 spiro atoms. The van der Waals surface area contributed by atoms with E-state index in [-0.39, 0.29) is 17.6 Å². The second-order valence-corrected chi connectivity index (χ2v) is 8.18. The smallest absolute Gasteiger partial charge is 0.223 e. The van der Waals surface area contributed by atoms with Crippen LogP contribution in [0.2, 0.25) is 0 Å². The molecule has 0 saturated carbocycles. The van der Waals surface area contributed by atoms with Gasteiger partial charge in [0, 0.05) is 31.1 Å². The number of piperidine rings is 1. The summed E-state index contributed by atoms with van der Waals surface area (Å²) in [6, 6.07) is 15.1. The summed E-state index contributed by atoms with van der Waals surface area (Å²) in [5.41, 5.74) is 2.44. The minimum Gasteiger partial charge on any atom is -0.352 e. The number of amides is 1. The van der Waals surface area contributed by atoms with Crippen LogP contribution in [-0.2, 0) is 18.0 Å². The number of hydrogen-bond acceptors (Lipinski definition) is 4. The first kappa shape index (κ1) is 21.2. The van der Waals surface area contributed by atoms with Crippen molar-refractivity contribution in [1.82, 2.24) is 25.0 Å². The highest BCUT2D eigenvalue weighted by Crippen LogP contribution is 2.21. The first-order valence-electron chi connectivity index (χ1n) is 10.7. The van der Waals surface area contributed by atoms with E-state index in [1.165, 1.54) is 6.07 Å². The van der Waals surface area contributed by atoms with Gasteiger partial charge in [0.05, 0.1) is 6.67 Å². The molecule has 1 N–H and O–H groups in total. The van der Waals surface area contributed by atoms with E-state index in [0.717, 1.165) is 48.7 Å². The molecule has 0 aliphatic carbocycles. The number of halogens is 1. The molecule has 3 aromatic rings. The molecule has 6 nitrogen and oxygen atoms in total. The third-order valence-electron chi connectivity index (χ3n) is 5.80. The molecule has 7 heteroatoms. The molecule has 4 rings (SSSR count). The van der Waals surface area contributed by atoms with Crippen LogP contribution in [0.1, 0.15) is 29.8 Å². The van der Waals surface area contributed by atoms with Gasteiger partial charge >= 0.3 is 0 Å². The van der Waals surface area contributed by atoms with E-state index in [4.69, 9.17) is 0 Å². The van der Waals surface area contributed by atoms with Gasteiger partial charge in [-0.05, 0) is 43.9 Å². The molecule has 0 atom stereocenters. The highest BCUT2D eigenvalue weighted by Gasteiger charge is 2.25. The van der Waals surface area contributed by atoms with Crippen LogP contribution in [0.25, 0.3) is 11.4 Å². The number of benzene rings is 2. The Labute approximate surface area is 182 Å². The zero-order valence-corrected chi connectivity index (χ0v) is 18.0. The fraction of sp³-hybridized carbons (Fsp3) is 0.375. The predicted molar refractivity (Wildman–Crippen MR) is 117 cm³/mol. The fourth-order valence-corrected chi connectivity index (χ4v) is 3.96. The average molecular weight is 422 g/mol. The molecule has 2 heterocycles. The zero-order chi connectivity index (χ0) is 21.8. The number of aryl methyl sites for hydroxylation is 2. The van der Waals surface area contributed by atoms with Gasteiger partial charge in [0.25, 0.3) is 0 Å². The number of carbonyl (C=O) groups excluding carboxylic acids is 1. The van der Waals surface area contributed by atoms with Crippen molar-refractivity contribution in [3.63, 3.8) is 0 Å². The molecule has 162 valence electrons. The fourth-order valence-electron chi connectivity index (χ4n) is 3.96. The Bertz CT molecular complexity index is 1040. The van der Waals surface area contributed by atoms with Crippen LogP contribution in [-0.4, -0.2) is 38.7 Å². The highest BCUT2D eigenvalue weighted by molar-refractivity contribution is 5.78. The molecule has 0 radical (unpaired) electrons. The third kappa shape index (κ3) is 5.17. The van der Waals surface area contributed by atoms with Crippen molar-refractivity contribution in [2.24, 2.45) is 5.92 Å². The Kier molecular flexibility index (Phi) is 6.42. The lowest BCUT2D eigenvalue weighted by atomic mass is 9.96. The van der Waals surface area contributed by atoms with Crippen molar-refractivity contribution in [1.29, 1.82) is 0 Å². The summed E-state index contributed by atoms with van der Waals surface area (Å²) in [7, 11) is 0. The van der Waals surface area contributed by atoms with E-state index in [2.05, 4.69) is 20.3 Å². The molecule has 0 bridgehead atoms. The maximum atomic E-state index is 13.7. The van der Waals surface area contributed by atoms with Crippen molar-refractivity contribution >= 4 is 5.91 Å². The summed E-state index contributed by atoms with van der Waals surface area (Å²) >= 11 is 0. The van der Waals surface area contributed by atoms with E-state index in [9.17, 15) is 9.18 Å². The van der Waals surface area contributed by atoms with Crippen LogP contribution in [0.3, 0.4) is 0 Å². The molecular formula is C24H28FN5O. The normalized spacial score (nSPS) is 15.2. The Morgan fingerprint density at radius 2 is 1.87 bits per heavy atom. The monoisotopic (exact) mass is 421 g/mol. The molecule has 1 aromatic heterocycles. The lowest BCUT2D eigenvalue weighted by molar-refractivity contribution is -0.126. The second-order valence-electron chi connectivity index (χ2n) is 8.18. The summed E-state index contributed by atoms with van der Waals surface area (Å²) in [5.74, 6) is 1.40. The number of rotatable bonds is 6. The van der Waals surface area contributed by atoms with Gasteiger partial charge in [-0.2, -0.15) is 5.10 Å². The number of nitrogens with one attached hydrogen (secondary N) is 1. The third-order valence-corrected chi connectivity index (χ3v) is 5.80. The summed E-state index contributed by atoms with van der Waals surface area (Å²) in [5, 5.41) is 7.53. The lowest BCUT2D eigenvalue weighted by Crippen LogP contribution is -2.41. The van der Waals surface area contributed by atoms with Gasteiger partial charge in [0.2, 0.25) is 5.91 Å². The van der Waals surface area contributed by atoms with Crippen molar-refractivity contribution in [3.8, 4) is 11.4 Å². The van der Waals surface area contributed by atoms with Gasteiger partial charge in [0.15, 0.2) is 5.82 Å². The number of aromatic nitrogens is 3. The van der Waals surface area contributed by atoms with Crippen molar-refractivity contribution in [3.05, 3.63) is 71.3 Å². The van der Waals surface area contributed by atoms with Crippen molar-refractivity contribution < 1.29 is 9.18 Å². The van der Waals surface area contributed by atoms with Crippen LogP contribution in [0.4, 0.5) is 4.39 Å². The zero-order valence-electron chi connectivity index (χ0n) is 18.0. The molecule has 2 aromatic carbocycles. The van der Waals surface area contributed by atoms with Gasteiger partial charge in [-0.1, -0.05) is 42.5 Å². The van der Waals surface area contributed by atoms with E-state index in [1.54, 1.807) is 13.0 Å². The Morgan fingerprint density at radius 1 is 1.13 bits per heavy atom. The predicted octanol–water partition coefficient (Wildman–Crippen LogP) is 3.69. The number of nitrogens with zero attached hydrogens (tertiary/aromatic N) is 4. The maximum Gasteiger partial charge on any atom is 0.223 e. The van der Waals surface area contributed by atoms with E-state index < -0.39 is 0 Å². The summed E-state index contributed by atoms with van der Waals surface area (Å²) in [4.78, 5) is 19.5. The van der Waals surface area contributed by atoms with E-state index >= 15 is 0 Å². The number of likely N-dealkylation sites (tertiary alicyclic amines) is 1. The van der Waals surface area contributed by atoms with Crippen LogP contribution < -0.4 is 5.32 Å². The van der Waals surface area contributed by atoms with Crippen LogP contribution in [0.15, 0.2) is 48.5 Å².